The van der Waals surface area contributed by atoms with Gasteiger partial charge in [0.05, 0.1) is 17.0 Å². The topological polar surface area (TPSA) is 70.7 Å². The largest absolute Gasteiger partial charge is 0.356 e. The summed E-state index contributed by atoms with van der Waals surface area (Å²) in [4.78, 5) is 25.2. The van der Waals surface area contributed by atoms with Gasteiger partial charge in [-0.1, -0.05) is 56.5 Å². The Bertz CT molecular complexity index is 1010. The van der Waals surface area contributed by atoms with E-state index in [1.165, 1.54) is 18.4 Å². The number of aromatic amines is 1. The average molecular weight is 389 g/mol. The van der Waals surface area contributed by atoms with Gasteiger partial charge in [0.25, 0.3) is 5.91 Å². The Morgan fingerprint density at radius 3 is 2.48 bits per heavy atom. The molecule has 5 rings (SSSR count). The molecule has 3 aromatic rings. The number of nitrogens with one attached hydrogen (secondary N) is 2. The minimum Gasteiger partial charge on any atom is -0.356 e. The van der Waals surface area contributed by atoms with Gasteiger partial charge in [0.15, 0.2) is 5.82 Å². The number of H-pyrrole nitrogens is 1. The maximum atomic E-state index is 12.4. The first-order chi connectivity index (χ1) is 14.1. The van der Waals surface area contributed by atoms with Crippen LogP contribution in [-0.4, -0.2) is 27.4 Å². The van der Waals surface area contributed by atoms with E-state index < -0.39 is 0 Å². The molecule has 1 amide bonds. The van der Waals surface area contributed by atoms with Crippen LogP contribution in [0, 0.1) is 6.92 Å². The van der Waals surface area contributed by atoms with Crippen LogP contribution in [0.1, 0.15) is 61.1 Å². The van der Waals surface area contributed by atoms with Crippen molar-refractivity contribution >= 4 is 5.91 Å². The summed E-state index contributed by atoms with van der Waals surface area (Å²) in [5, 5.41) is 3.09. The molecular formula is C24H28N4O. The van der Waals surface area contributed by atoms with Crippen LogP contribution in [0.25, 0.3) is 22.8 Å². The zero-order chi connectivity index (χ0) is 20.4. The van der Waals surface area contributed by atoms with Crippen LogP contribution in [-0.2, 0) is 5.41 Å². The average Bonchev–Trinajstić information content (AvgIpc) is 3.42. The van der Waals surface area contributed by atoms with Gasteiger partial charge in [-0.25, -0.2) is 9.97 Å². The molecule has 2 N–H and O–H groups in total. The van der Waals surface area contributed by atoms with E-state index in [0.717, 1.165) is 47.6 Å². The number of nitrogens with zero attached hydrogens (tertiary/aromatic N) is 2. The van der Waals surface area contributed by atoms with Gasteiger partial charge in [0, 0.05) is 29.4 Å². The lowest BCUT2D eigenvalue weighted by molar-refractivity contribution is 0.0924. The highest BCUT2D eigenvalue weighted by atomic mass is 16.1. The Balaban J connectivity index is 0.000000994. The number of carbonyl (C=O) groups excluding carboxylic acids is 1. The van der Waals surface area contributed by atoms with Crippen LogP contribution < -0.4 is 5.32 Å². The first-order valence-corrected chi connectivity index (χ1v) is 10.6. The maximum absolute atomic E-state index is 12.4. The molecule has 1 spiro atoms. The van der Waals surface area contributed by atoms with Crippen molar-refractivity contribution in [2.45, 2.75) is 51.9 Å². The second-order valence-electron chi connectivity index (χ2n) is 7.77. The standard InChI is InChI=1S/C22H22N4O.C2H6/c1-14-4-6-15(7-5-14)20-23-11-8-17(26-20)18-12-16-19(25-18)22(9-2-3-10-22)13-24-21(16)27;1-2/h4-8,11-12,25H,2-3,9-10,13H2,1H3,(H,24,27);1-2H3. The monoisotopic (exact) mass is 388 g/mol. The lowest BCUT2D eigenvalue weighted by atomic mass is 9.78. The van der Waals surface area contributed by atoms with Gasteiger partial charge < -0.3 is 10.3 Å². The molecule has 29 heavy (non-hydrogen) atoms. The van der Waals surface area contributed by atoms with Crippen molar-refractivity contribution in [2.75, 3.05) is 6.54 Å². The van der Waals surface area contributed by atoms with Gasteiger partial charge >= 0.3 is 0 Å². The molecule has 2 aliphatic rings. The number of fused-ring (bicyclic) bond motifs is 2. The van der Waals surface area contributed by atoms with E-state index in [0.29, 0.717) is 5.82 Å². The van der Waals surface area contributed by atoms with Crippen molar-refractivity contribution in [3.63, 3.8) is 0 Å². The highest BCUT2D eigenvalue weighted by Gasteiger charge is 2.43. The van der Waals surface area contributed by atoms with Crippen molar-refractivity contribution in [1.29, 1.82) is 0 Å². The number of hydrogen-bond acceptors (Lipinski definition) is 3. The number of hydrogen-bond donors (Lipinski definition) is 2. The predicted molar refractivity (Wildman–Crippen MR) is 116 cm³/mol. The van der Waals surface area contributed by atoms with Gasteiger partial charge in [-0.05, 0) is 31.9 Å². The molecule has 1 aromatic carbocycles. The Hall–Kier alpha value is -2.95. The van der Waals surface area contributed by atoms with E-state index in [4.69, 9.17) is 4.98 Å². The van der Waals surface area contributed by atoms with Crippen LogP contribution in [0.15, 0.2) is 42.6 Å². The minimum atomic E-state index is 0.0119. The highest BCUT2D eigenvalue weighted by Crippen LogP contribution is 2.44. The molecular weight excluding hydrogens is 360 g/mol. The predicted octanol–water partition coefficient (Wildman–Crippen LogP) is 5.03. The third-order valence-corrected chi connectivity index (χ3v) is 5.98. The summed E-state index contributed by atoms with van der Waals surface area (Å²) in [6.07, 6.45) is 6.46. The summed E-state index contributed by atoms with van der Waals surface area (Å²) < 4.78 is 0. The van der Waals surface area contributed by atoms with Gasteiger partial charge in [0.1, 0.15) is 0 Å². The molecule has 0 bridgehead atoms. The number of aryl methyl sites for hydroxylation is 1. The minimum absolute atomic E-state index is 0.0119. The highest BCUT2D eigenvalue weighted by molar-refractivity contribution is 5.98. The van der Waals surface area contributed by atoms with E-state index in [1.807, 2.05) is 38.1 Å². The van der Waals surface area contributed by atoms with E-state index in [2.05, 4.69) is 34.3 Å². The third-order valence-electron chi connectivity index (χ3n) is 5.98. The molecule has 0 radical (unpaired) electrons. The molecule has 150 valence electrons. The molecule has 1 aliphatic heterocycles. The fourth-order valence-electron chi connectivity index (χ4n) is 4.45. The summed E-state index contributed by atoms with van der Waals surface area (Å²) >= 11 is 0. The van der Waals surface area contributed by atoms with Crippen LogP contribution in [0.3, 0.4) is 0 Å². The van der Waals surface area contributed by atoms with E-state index in [9.17, 15) is 4.79 Å². The smallest absolute Gasteiger partial charge is 0.253 e. The second-order valence-corrected chi connectivity index (χ2v) is 7.77. The molecule has 0 saturated heterocycles. The SMILES string of the molecule is CC.Cc1ccc(-c2nccc(-c3cc4c([nH]3)C3(CCCC3)CNC4=O)n2)cc1. The van der Waals surface area contributed by atoms with Crippen molar-refractivity contribution in [3.8, 4) is 22.8 Å². The molecule has 5 nitrogen and oxygen atoms in total. The first-order valence-electron chi connectivity index (χ1n) is 10.6. The molecule has 3 heterocycles. The normalized spacial score (nSPS) is 16.7. The van der Waals surface area contributed by atoms with Crippen LogP contribution in [0.4, 0.5) is 0 Å². The summed E-state index contributed by atoms with van der Waals surface area (Å²) in [5.41, 5.74) is 5.83. The fourth-order valence-corrected chi connectivity index (χ4v) is 4.45. The van der Waals surface area contributed by atoms with Crippen molar-refractivity contribution in [1.82, 2.24) is 20.3 Å². The Morgan fingerprint density at radius 1 is 1.03 bits per heavy atom. The molecule has 1 saturated carbocycles. The molecule has 1 aliphatic carbocycles. The Morgan fingerprint density at radius 2 is 1.76 bits per heavy atom. The van der Waals surface area contributed by atoms with Gasteiger partial charge in [-0.15, -0.1) is 0 Å². The number of aromatic nitrogens is 3. The van der Waals surface area contributed by atoms with E-state index >= 15 is 0 Å². The summed E-state index contributed by atoms with van der Waals surface area (Å²) in [5.74, 6) is 0.706. The van der Waals surface area contributed by atoms with Crippen molar-refractivity contribution < 1.29 is 4.79 Å². The van der Waals surface area contributed by atoms with Gasteiger partial charge in [-0.2, -0.15) is 0 Å². The Labute approximate surface area is 172 Å². The lowest BCUT2D eigenvalue weighted by Crippen LogP contribution is -2.45. The van der Waals surface area contributed by atoms with Gasteiger partial charge in [-0.3, -0.25) is 4.79 Å². The number of rotatable bonds is 2. The first kappa shape index (κ1) is 19.4. The second kappa shape index (κ2) is 7.82. The van der Waals surface area contributed by atoms with Crippen LogP contribution in [0.5, 0.6) is 0 Å². The molecule has 0 unspecified atom stereocenters. The lowest BCUT2D eigenvalue weighted by Gasteiger charge is -2.33. The van der Waals surface area contributed by atoms with Crippen LogP contribution in [0.2, 0.25) is 0 Å². The Kier molecular flexibility index (Phi) is 5.22. The molecule has 1 fully saturated rings. The third kappa shape index (κ3) is 3.46. The van der Waals surface area contributed by atoms with Gasteiger partial charge in [0.2, 0.25) is 0 Å². The zero-order valence-corrected chi connectivity index (χ0v) is 17.4. The molecule has 2 aromatic heterocycles. The molecule has 5 heteroatoms. The number of amides is 1. The zero-order valence-electron chi connectivity index (χ0n) is 17.4. The summed E-state index contributed by atoms with van der Waals surface area (Å²) in [6, 6.07) is 12.0. The maximum Gasteiger partial charge on any atom is 0.253 e. The van der Waals surface area contributed by atoms with Crippen LogP contribution >= 0.6 is 0 Å². The fraction of sp³-hybridized carbons (Fsp3) is 0.375. The quantitative estimate of drug-likeness (QED) is 0.647. The van der Waals surface area contributed by atoms with E-state index in [-0.39, 0.29) is 11.3 Å². The van der Waals surface area contributed by atoms with E-state index in [1.54, 1.807) is 6.20 Å². The number of benzene rings is 1. The summed E-state index contributed by atoms with van der Waals surface area (Å²) in [7, 11) is 0. The molecule has 0 atom stereocenters. The van der Waals surface area contributed by atoms with Crippen molar-refractivity contribution in [3.05, 3.63) is 59.4 Å². The summed E-state index contributed by atoms with van der Waals surface area (Å²) in [6.45, 7) is 6.80. The van der Waals surface area contributed by atoms with Crippen molar-refractivity contribution in [2.24, 2.45) is 0 Å². The number of carbonyl (C=O) groups is 1.